The highest BCUT2D eigenvalue weighted by Crippen LogP contribution is 2.21. The summed E-state index contributed by atoms with van der Waals surface area (Å²) in [6.45, 7) is 2.67. The lowest BCUT2D eigenvalue weighted by Crippen LogP contribution is -2.49. The van der Waals surface area contributed by atoms with Gasteiger partial charge in [-0.25, -0.2) is 13.2 Å². The highest BCUT2D eigenvalue weighted by Gasteiger charge is 2.21. The molecule has 0 radical (unpaired) electrons. The SMILES string of the molecule is O=C(CCNc1ccc(F)c(F)c1F)N1CCN(c2cccc(Cl)c2)CC1. The molecule has 0 aliphatic carbocycles. The molecular weight excluding hydrogens is 379 g/mol. The van der Waals surface area contributed by atoms with E-state index in [-0.39, 0.29) is 24.6 Å². The molecule has 0 bridgehead atoms. The van der Waals surface area contributed by atoms with Gasteiger partial charge in [-0.2, -0.15) is 0 Å². The maximum atomic E-state index is 13.6. The summed E-state index contributed by atoms with van der Waals surface area (Å²) in [6.07, 6.45) is 0.135. The molecule has 1 fully saturated rings. The Morgan fingerprint density at radius 1 is 1.04 bits per heavy atom. The number of anilines is 2. The molecule has 27 heavy (non-hydrogen) atoms. The maximum Gasteiger partial charge on any atom is 0.224 e. The lowest BCUT2D eigenvalue weighted by molar-refractivity contribution is -0.131. The van der Waals surface area contributed by atoms with Crippen LogP contribution >= 0.6 is 11.6 Å². The standard InChI is InChI=1S/C19H19ClF3N3O/c20-13-2-1-3-14(12-13)25-8-10-26(11-9-25)17(27)6-7-24-16-5-4-15(21)18(22)19(16)23/h1-5,12,24H,6-11H2. The minimum absolute atomic E-state index is 0.0729. The number of amides is 1. The highest BCUT2D eigenvalue weighted by atomic mass is 35.5. The van der Waals surface area contributed by atoms with E-state index in [9.17, 15) is 18.0 Å². The van der Waals surface area contributed by atoms with Crippen molar-refractivity contribution in [2.75, 3.05) is 42.9 Å². The molecule has 0 unspecified atom stereocenters. The van der Waals surface area contributed by atoms with Crippen LogP contribution in [0.1, 0.15) is 6.42 Å². The summed E-state index contributed by atoms with van der Waals surface area (Å²) in [4.78, 5) is 16.2. The Morgan fingerprint density at radius 2 is 1.78 bits per heavy atom. The number of piperazine rings is 1. The molecule has 1 amide bonds. The summed E-state index contributed by atoms with van der Waals surface area (Å²) in [5, 5.41) is 3.31. The molecule has 0 aromatic heterocycles. The third-order valence-electron chi connectivity index (χ3n) is 4.50. The zero-order valence-electron chi connectivity index (χ0n) is 14.5. The van der Waals surface area contributed by atoms with E-state index in [1.54, 1.807) is 4.90 Å². The van der Waals surface area contributed by atoms with Gasteiger partial charge < -0.3 is 15.1 Å². The van der Waals surface area contributed by atoms with Crippen LogP contribution in [0, 0.1) is 17.5 Å². The summed E-state index contributed by atoms with van der Waals surface area (Å²) in [7, 11) is 0. The molecule has 2 aromatic rings. The number of hydrogen-bond donors (Lipinski definition) is 1. The largest absolute Gasteiger partial charge is 0.382 e. The molecule has 4 nitrogen and oxygen atoms in total. The zero-order chi connectivity index (χ0) is 19.4. The first-order chi connectivity index (χ1) is 13.0. The quantitative estimate of drug-likeness (QED) is 0.777. The van der Waals surface area contributed by atoms with E-state index in [2.05, 4.69) is 10.2 Å². The smallest absolute Gasteiger partial charge is 0.224 e. The van der Waals surface area contributed by atoms with Crippen LogP contribution in [-0.2, 0) is 4.79 Å². The van der Waals surface area contributed by atoms with E-state index >= 15 is 0 Å². The van der Waals surface area contributed by atoms with Gasteiger partial charge >= 0.3 is 0 Å². The molecule has 1 heterocycles. The fraction of sp³-hybridized carbons (Fsp3) is 0.316. The van der Waals surface area contributed by atoms with E-state index in [0.29, 0.717) is 31.2 Å². The summed E-state index contributed by atoms with van der Waals surface area (Å²) in [5.74, 6) is -4.12. The van der Waals surface area contributed by atoms with Crippen molar-refractivity contribution in [3.8, 4) is 0 Å². The van der Waals surface area contributed by atoms with Crippen molar-refractivity contribution in [2.24, 2.45) is 0 Å². The first kappa shape index (κ1) is 19.4. The summed E-state index contributed by atoms with van der Waals surface area (Å²) < 4.78 is 39.7. The second-order valence-corrected chi connectivity index (χ2v) is 6.68. The average molecular weight is 398 g/mol. The van der Waals surface area contributed by atoms with Gasteiger partial charge in [-0.1, -0.05) is 17.7 Å². The second kappa shape index (κ2) is 8.52. The number of carbonyl (C=O) groups is 1. The van der Waals surface area contributed by atoms with Crippen molar-refractivity contribution in [1.82, 2.24) is 4.90 Å². The molecule has 1 aliphatic heterocycles. The fourth-order valence-corrected chi connectivity index (χ4v) is 3.20. The Hall–Kier alpha value is -2.41. The van der Waals surface area contributed by atoms with Gasteiger partial charge in [0.1, 0.15) is 0 Å². The van der Waals surface area contributed by atoms with Crippen LogP contribution in [0.3, 0.4) is 0 Å². The normalized spacial score (nSPS) is 14.4. The number of nitrogens with one attached hydrogen (secondary N) is 1. The van der Waals surface area contributed by atoms with Crippen molar-refractivity contribution in [3.63, 3.8) is 0 Å². The van der Waals surface area contributed by atoms with Crippen LogP contribution in [0.2, 0.25) is 5.02 Å². The Morgan fingerprint density at radius 3 is 2.48 bits per heavy atom. The predicted molar refractivity (Wildman–Crippen MR) is 99.7 cm³/mol. The Kier molecular flexibility index (Phi) is 6.11. The monoisotopic (exact) mass is 397 g/mol. The summed E-state index contributed by atoms with van der Waals surface area (Å²) in [5.41, 5.74) is 0.859. The van der Waals surface area contributed by atoms with Gasteiger partial charge in [0.2, 0.25) is 5.91 Å². The molecule has 8 heteroatoms. The maximum absolute atomic E-state index is 13.6. The number of nitrogens with zero attached hydrogens (tertiary/aromatic N) is 2. The van der Waals surface area contributed by atoms with E-state index < -0.39 is 17.5 Å². The topological polar surface area (TPSA) is 35.6 Å². The van der Waals surface area contributed by atoms with E-state index in [0.717, 1.165) is 17.8 Å². The van der Waals surface area contributed by atoms with Crippen LogP contribution < -0.4 is 10.2 Å². The molecule has 144 valence electrons. The number of carbonyl (C=O) groups excluding carboxylic acids is 1. The van der Waals surface area contributed by atoms with E-state index in [4.69, 9.17) is 11.6 Å². The minimum Gasteiger partial charge on any atom is -0.382 e. The molecule has 0 atom stereocenters. The van der Waals surface area contributed by atoms with Gasteiger partial charge in [-0.15, -0.1) is 0 Å². The first-order valence-corrected chi connectivity index (χ1v) is 8.99. The van der Waals surface area contributed by atoms with Gasteiger partial charge in [0.15, 0.2) is 17.5 Å². The number of halogens is 4. The third kappa shape index (κ3) is 4.66. The van der Waals surface area contributed by atoms with E-state index in [1.165, 1.54) is 0 Å². The fourth-order valence-electron chi connectivity index (χ4n) is 3.01. The van der Waals surface area contributed by atoms with Crippen LogP contribution in [0.4, 0.5) is 24.5 Å². The molecule has 2 aromatic carbocycles. The van der Waals surface area contributed by atoms with E-state index in [1.807, 2.05) is 24.3 Å². The number of rotatable bonds is 5. The molecule has 1 saturated heterocycles. The lowest BCUT2D eigenvalue weighted by Gasteiger charge is -2.36. The number of hydrogen-bond acceptors (Lipinski definition) is 3. The van der Waals surface area contributed by atoms with Crippen LogP contribution in [0.25, 0.3) is 0 Å². The predicted octanol–water partition coefficient (Wildman–Crippen LogP) is 3.91. The molecule has 1 N–H and O–H groups in total. The Balaban J connectivity index is 1.47. The molecule has 0 saturated carbocycles. The molecule has 0 spiro atoms. The zero-order valence-corrected chi connectivity index (χ0v) is 15.3. The van der Waals surface area contributed by atoms with Crippen LogP contribution in [-0.4, -0.2) is 43.5 Å². The van der Waals surface area contributed by atoms with Crippen LogP contribution in [0.15, 0.2) is 36.4 Å². The van der Waals surface area contributed by atoms with Crippen LogP contribution in [0.5, 0.6) is 0 Å². The number of benzene rings is 2. The second-order valence-electron chi connectivity index (χ2n) is 6.25. The van der Waals surface area contributed by atoms with Gasteiger partial charge in [-0.3, -0.25) is 4.79 Å². The summed E-state index contributed by atoms with van der Waals surface area (Å²) in [6, 6.07) is 9.52. The van der Waals surface area contributed by atoms with Crippen molar-refractivity contribution < 1.29 is 18.0 Å². The lowest BCUT2D eigenvalue weighted by atomic mass is 10.2. The van der Waals surface area contributed by atoms with Gasteiger partial charge in [-0.05, 0) is 30.3 Å². The molecular formula is C19H19ClF3N3O. The molecule has 3 rings (SSSR count). The van der Waals surface area contributed by atoms with Crippen molar-refractivity contribution in [2.45, 2.75) is 6.42 Å². The van der Waals surface area contributed by atoms with Gasteiger partial charge in [0.25, 0.3) is 0 Å². The molecule has 1 aliphatic rings. The van der Waals surface area contributed by atoms with Gasteiger partial charge in [0, 0.05) is 49.9 Å². The first-order valence-electron chi connectivity index (χ1n) is 8.61. The third-order valence-corrected chi connectivity index (χ3v) is 4.73. The van der Waals surface area contributed by atoms with Crippen molar-refractivity contribution in [3.05, 3.63) is 58.9 Å². The van der Waals surface area contributed by atoms with Gasteiger partial charge in [0.05, 0.1) is 5.69 Å². The Labute approximate surface area is 160 Å². The summed E-state index contributed by atoms with van der Waals surface area (Å²) >= 11 is 6.01. The van der Waals surface area contributed by atoms with Crippen molar-refractivity contribution >= 4 is 28.9 Å². The Bertz CT molecular complexity index is 826. The van der Waals surface area contributed by atoms with Crippen molar-refractivity contribution in [1.29, 1.82) is 0 Å². The highest BCUT2D eigenvalue weighted by molar-refractivity contribution is 6.30. The minimum atomic E-state index is -1.52. The average Bonchev–Trinajstić information content (AvgIpc) is 2.68.